The molecule has 5 nitrogen and oxygen atoms in total. The molecule has 0 aromatic carbocycles. The minimum atomic E-state index is 0.694. The van der Waals surface area contributed by atoms with Crippen LogP contribution < -0.4 is 10.2 Å². The van der Waals surface area contributed by atoms with Crippen LogP contribution in [0.25, 0.3) is 0 Å². The molecular formula is C15H22N4O. The van der Waals surface area contributed by atoms with Gasteiger partial charge in [0.25, 0.3) is 0 Å². The quantitative estimate of drug-likeness (QED) is 0.877. The van der Waals surface area contributed by atoms with E-state index in [1.54, 1.807) is 6.26 Å². The van der Waals surface area contributed by atoms with Gasteiger partial charge in [0.2, 0.25) is 0 Å². The topological polar surface area (TPSA) is 54.2 Å². The van der Waals surface area contributed by atoms with E-state index >= 15 is 0 Å². The van der Waals surface area contributed by atoms with Crippen molar-refractivity contribution in [2.75, 3.05) is 24.3 Å². The Morgan fingerprint density at radius 3 is 2.75 bits per heavy atom. The average Bonchev–Trinajstić information content (AvgIpc) is 2.93. The number of hydrogen-bond donors (Lipinski definition) is 1. The summed E-state index contributed by atoms with van der Waals surface area (Å²) in [6.07, 6.45) is 3.61. The number of rotatable bonds is 6. The third-order valence-electron chi connectivity index (χ3n) is 3.21. The minimum absolute atomic E-state index is 0.694. The molecule has 0 fully saturated rings. The fourth-order valence-electron chi connectivity index (χ4n) is 2.21. The third kappa shape index (κ3) is 3.10. The molecule has 2 aromatic rings. The van der Waals surface area contributed by atoms with Crippen LogP contribution in [0, 0.1) is 6.92 Å². The Labute approximate surface area is 120 Å². The Hall–Kier alpha value is -2.04. The first-order chi connectivity index (χ1) is 9.65. The van der Waals surface area contributed by atoms with Gasteiger partial charge in [0.05, 0.1) is 12.8 Å². The van der Waals surface area contributed by atoms with E-state index in [0.717, 1.165) is 41.6 Å². The van der Waals surface area contributed by atoms with Crippen LogP contribution in [0.15, 0.2) is 22.8 Å². The molecule has 0 radical (unpaired) electrons. The molecule has 108 valence electrons. The van der Waals surface area contributed by atoms with Crippen molar-refractivity contribution in [3.8, 4) is 0 Å². The zero-order valence-electron chi connectivity index (χ0n) is 12.6. The van der Waals surface area contributed by atoms with Crippen molar-refractivity contribution >= 4 is 11.6 Å². The van der Waals surface area contributed by atoms with Crippen molar-refractivity contribution in [2.45, 2.75) is 33.2 Å². The van der Waals surface area contributed by atoms with Gasteiger partial charge in [-0.3, -0.25) is 0 Å². The van der Waals surface area contributed by atoms with Gasteiger partial charge < -0.3 is 14.6 Å². The molecule has 0 aliphatic heterocycles. The van der Waals surface area contributed by atoms with Gasteiger partial charge in [-0.2, -0.15) is 0 Å². The highest BCUT2D eigenvalue weighted by atomic mass is 16.3. The number of nitrogens with one attached hydrogen (secondary N) is 1. The predicted octanol–water partition coefficient (Wildman–Crippen LogP) is 3.01. The number of aromatic nitrogens is 2. The van der Waals surface area contributed by atoms with Gasteiger partial charge in [-0.05, 0) is 25.5 Å². The lowest BCUT2D eigenvalue weighted by Crippen LogP contribution is -2.20. The molecule has 1 N–H and O–H groups in total. The van der Waals surface area contributed by atoms with Crippen molar-refractivity contribution in [3.63, 3.8) is 0 Å². The van der Waals surface area contributed by atoms with Crippen molar-refractivity contribution in [1.82, 2.24) is 9.97 Å². The molecule has 0 amide bonds. The van der Waals surface area contributed by atoms with Crippen LogP contribution in [0.4, 0.5) is 11.6 Å². The lowest BCUT2D eigenvalue weighted by Gasteiger charge is -2.21. The second-order valence-electron chi connectivity index (χ2n) is 4.87. The molecule has 0 saturated carbocycles. The largest absolute Gasteiger partial charge is 0.467 e. The Balaban J connectivity index is 2.30. The van der Waals surface area contributed by atoms with E-state index in [0.29, 0.717) is 6.54 Å². The number of anilines is 2. The minimum Gasteiger partial charge on any atom is -0.467 e. The number of nitrogens with zero attached hydrogens (tertiary/aromatic N) is 3. The molecule has 2 heterocycles. The Bertz CT molecular complexity index is 551. The normalized spacial score (nSPS) is 10.6. The second kappa shape index (κ2) is 6.41. The zero-order valence-corrected chi connectivity index (χ0v) is 12.6. The standard InChI is InChI=1S/C15H22N4O/c1-5-7-13-17-14(16-3)11(2)15(18-13)19(4)10-12-8-6-9-20-12/h6,8-9H,5,7,10H2,1-4H3,(H,16,17,18). The summed E-state index contributed by atoms with van der Waals surface area (Å²) in [6.45, 7) is 4.86. The summed E-state index contributed by atoms with van der Waals surface area (Å²) in [6, 6.07) is 3.87. The van der Waals surface area contributed by atoms with E-state index in [4.69, 9.17) is 4.42 Å². The van der Waals surface area contributed by atoms with E-state index < -0.39 is 0 Å². The Kier molecular flexibility index (Phi) is 4.61. The van der Waals surface area contributed by atoms with E-state index in [2.05, 4.69) is 27.1 Å². The van der Waals surface area contributed by atoms with Crippen molar-refractivity contribution < 1.29 is 4.42 Å². The van der Waals surface area contributed by atoms with Crippen LogP contribution in [0.5, 0.6) is 0 Å². The van der Waals surface area contributed by atoms with E-state index in [1.807, 2.05) is 33.2 Å². The number of aryl methyl sites for hydroxylation is 1. The van der Waals surface area contributed by atoms with E-state index in [9.17, 15) is 0 Å². The second-order valence-corrected chi connectivity index (χ2v) is 4.87. The lowest BCUT2D eigenvalue weighted by molar-refractivity contribution is 0.506. The van der Waals surface area contributed by atoms with Gasteiger partial charge in [0, 0.05) is 26.1 Å². The average molecular weight is 274 g/mol. The summed E-state index contributed by atoms with van der Waals surface area (Å²) >= 11 is 0. The van der Waals surface area contributed by atoms with Gasteiger partial charge in [0.1, 0.15) is 23.2 Å². The molecule has 20 heavy (non-hydrogen) atoms. The highest BCUT2D eigenvalue weighted by molar-refractivity contribution is 5.58. The highest BCUT2D eigenvalue weighted by Crippen LogP contribution is 2.24. The maximum absolute atomic E-state index is 5.40. The van der Waals surface area contributed by atoms with Crippen LogP contribution in [0.1, 0.15) is 30.5 Å². The fourth-order valence-corrected chi connectivity index (χ4v) is 2.21. The van der Waals surface area contributed by atoms with Gasteiger partial charge in [0.15, 0.2) is 0 Å². The van der Waals surface area contributed by atoms with Gasteiger partial charge in [-0.25, -0.2) is 9.97 Å². The van der Waals surface area contributed by atoms with Gasteiger partial charge in [-0.1, -0.05) is 6.92 Å². The zero-order chi connectivity index (χ0) is 14.5. The molecule has 2 aromatic heterocycles. The van der Waals surface area contributed by atoms with E-state index in [-0.39, 0.29) is 0 Å². The van der Waals surface area contributed by atoms with Gasteiger partial charge in [-0.15, -0.1) is 0 Å². The number of furan rings is 1. The molecule has 2 rings (SSSR count). The Morgan fingerprint density at radius 1 is 1.35 bits per heavy atom. The van der Waals surface area contributed by atoms with Crippen LogP contribution in [-0.2, 0) is 13.0 Å². The molecule has 0 spiro atoms. The molecule has 0 aliphatic carbocycles. The summed E-state index contributed by atoms with van der Waals surface area (Å²) in [5.74, 6) is 3.64. The summed E-state index contributed by atoms with van der Waals surface area (Å²) in [5.41, 5.74) is 1.06. The molecule has 5 heteroatoms. The SMILES string of the molecule is CCCc1nc(NC)c(C)c(N(C)Cc2ccco2)n1. The van der Waals surface area contributed by atoms with Crippen molar-refractivity contribution in [2.24, 2.45) is 0 Å². The fraction of sp³-hybridized carbons (Fsp3) is 0.467. The van der Waals surface area contributed by atoms with E-state index in [1.165, 1.54) is 0 Å². The Morgan fingerprint density at radius 2 is 2.15 bits per heavy atom. The first-order valence-corrected chi connectivity index (χ1v) is 6.94. The van der Waals surface area contributed by atoms with Crippen molar-refractivity contribution in [1.29, 1.82) is 0 Å². The molecule has 0 unspecified atom stereocenters. The molecule has 0 aliphatic rings. The lowest BCUT2D eigenvalue weighted by atomic mass is 10.2. The first-order valence-electron chi connectivity index (χ1n) is 6.94. The molecule has 0 atom stereocenters. The van der Waals surface area contributed by atoms with Crippen LogP contribution in [0.2, 0.25) is 0 Å². The van der Waals surface area contributed by atoms with Crippen LogP contribution >= 0.6 is 0 Å². The summed E-state index contributed by atoms with van der Waals surface area (Å²) in [4.78, 5) is 11.3. The smallest absolute Gasteiger partial charge is 0.137 e. The summed E-state index contributed by atoms with van der Waals surface area (Å²) in [7, 11) is 3.91. The van der Waals surface area contributed by atoms with Gasteiger partial charge >= 0.3 is 0 Å². The molecule has 0 bridgehead atoms. The van der Waals surface area contributed by atoms with Crippen LogP contribution in [0.3, 0.4) is 0 Å². The molecule has 0 saturated heterocycles. The highest BCUT2D eigenvalue weighted by Gasteiger charge is 2.14. The summed E-state index contributed by atoms with van der Waals surface area (Å²) < 4.78 is 5.40. The predicted molar refractivity (Wildman–Crippen MR) is 81.1 cm³/mol. The van der Waals surface area contributed by atoms with Crippen molar-refractivity contribution in [3.05, 3.63) is 35.5 Å². The molecular weight excluding hydrogens is 252 g/mol. The van der Waals surface area contributed by atoms with Crippen LogP contribution in [-0.4, -0.2) is 24.1 Å². The first kappa shape index (κ1) is 14.4. The number of hydrogen-bond acceptors (Lipinski definition) is 5. The maximum Gasteiger partial charge on any atom is 0.137 e. The monoisotopic (exact) mass is 274 g/mol. The summed E-state index contributed by atoms with van der Waals surface area (Å²) in [5, 5.41) is 3.15. The third-order valence-corrected chi connectivity index (χ3v) is 3.21. The maximum atomic E-state index is 5.40.